The molecule has 5 rings (SSSR count). The summed E-state index contributed by atoms with van der Waals surface area (Å²) in [6.07, 6.45) is 0.961. The lowest BCUT2D eigenvalue weighted by atomic mass is 9.81. The van der Waals surface area contributed by atoms with Crippen molar-refractivity contribution in [2.24, 2.45) is 10.9 Å². The molecule has 0 radical (unpaired) electrons. The van der Waals surface area contributed by atoms with Crippen molar-refractivity contribution >= 4 is 40.5 Å². The first-order chi connectivity index (χ1) is 23.0. The van der Waals surface area contributed by atoms with Gasteiger partial charge in [0.05, 0.1) is 46.7 Å². The number of amides is 3. The highest BCUT2D eigenvalue weighted by Crippen LogP contribution is 2.35. The molecule has 0 fully saturated rings. The third kappa shape index (κ3) is 7.06. The second-order valence-corrected chi connectivity index (χ2v) is 11.8. The lowest BCUT2D eigenvalue weighted by molar-refractivity contribution is -0.135. The number of nitriles is 1. The summed E-state index contributed by atoms with van der Waals surface area (Å²) in [5, 5.41) is 22.3. The number of carbonyl (C=O) groups excluding carboxylic acids is 3. The van der Waals surface area contributed by atoms with Crippen LogP contribution in [0.3, 0.4) is 0 Å². The van der Waals surface area contributed by atoms with E-state index in [9.17, 15) is 19.6 Å². The minimum Gasteiger partial charge on any atom is -0.371 e. The van der Waals surface area contributed by atoms with E-state index in [1.54, 1.807) is 30.7 Å². The number of allylic oxidation sites excluding steroid dienone is 2. The normalized spacial score (nSPS) is 18.2. The van der Waals surface area contributed by atoms with Crippen molar-refractivity contribution in [2.75, 3.05) is 29.9 Å². The SMILES string of the molecule is CCOC1C(=O)NC2=C(C(=O)C(NC(=O)Nc3ccc(C)cc3)=CC2=Nc2ccc(N(CC)CCC#N)cc2-n2nc(C)cc2C)C1C. The van der Waals surface area contributed by atoms with Gasteiger partial charge in [0.25, 0.3) is 5.91 Å². The molecule has 3 aromatic rings. The van der Waals surface area contributed by atoms with Crippen molar-refractivity contribution < 1.29 is 19.1 Å². The summed E-state index contributed by atoms with van der Waals surface area (Å²) >= 11 is 0. The summed E-state index contributed by atoms with van der Waals surface area (Å²) in [5.41, 5.74) is 6.25. The molecule has 248 valence electrons. The molecule has 0 saturated heterocycles. The van der Waals surface area contributed by atoms with Gasteiger partial charge in [0, 0.05) is 48.3 Å². The number of anilines is 2. The minimum absolute atomic E-state index is 0.00769. The molecule has 2 heterocycles. The van der Waals surface area contributed by atoms with E-state index in [0.717, 1.165) is 22.6 Å². The topological polar surface area (TPSA) is 154 Å². The molecule has 2 unspecified atom stereocenters. The van der Waals surface area contributed by atoms with Gasteiger partial charge in [-0.15, -0.1) is 0 Å². The van der Waals surface area contributed by atoms with E-state index in [4.69, 9.17) is 14.8 Å². The molecule has 1 aliphatic carbocycles. The van der Waals surface area contributed by atoms with Gasteiger partial charge in [0.2, 0.25) is 5.78 Å². The molecule has 2 aromatic carbocycles. The van der Waals surface area contributed by atoms with Crippen LogP contribution < -0.4 is 20.9 Å². The van der Waals surface area contributed by atoms with Gasteiger partial charge < -0.3 is 25.6 Å². The fourth-order valence-corrected chi connectivity index (χ4v) is 5.94. The fraction of sp³-hybridized carbons (Fsp3) is 0.333. The first kappa shape index (κ1) is 33.8. The summed E-state index contributed by atoms with van der Waals surface area (Å²) in [5.74, 6) is -1.44. The van der Waals surface area contributed by atoms with Gasteiger partial charge in [-0.1, -0.05) is 24.6 Å². The average Bonchev–Trinajstić information content (AvgIpc) is 3.40. The Bertz CT molecular complexity index is 1880. The van der Waals surface area contributed by atoms with E-state index >= 15 is 0 Å². The minimum atomic E-state index is -0.891. The van der Waals surface area contributed by atoms with Crippen LogP contribution >= 0.6 is 0 Å². The Morgan fingerprint density at radius 3 is 2.50 bits per heavy atom. The van der Waals surface area contributed by atoms with Crippen LogP contribution in [0.5, 0.6) is 0 Å². The summed E-state index contributed by atoms with van der Waals surface area (Å²) < 4.78 is 7.53. The molecule has 3 amide bonds. The quantitative estimate of drug-likeness (QED) is 0.251. The van der Waals surface area contributed by atoms with E-state index in [0.29, 0.717) is 36.6 Å². The molecular weight excluding hydrogens is 608 g/mol. The fourth-order valence-electron chi connectivity index (χ4n) is 5.94. The molecule has 2 aliphatic rings. The summed E-state index contributed by atoms with van der Waals surface area (Å²) in [6, 6.07) is 16.6. The standard InChI is InChI=1S/C36H40N8O4/c1-7-43(17-9-16-37)26-14-15-27(30(19-26)44-23(5)18-22(4)42-44)39-28-20-29(40-36(47)38-25-12-10-21(3)11-13-25)33(45)31-24(6)34(48-8-2)35(46)41-32(28)31/h10-15,18-20,24,34H,7-9,17H2,1-6H3,(H,41,46)(H2,38,40,47). The lowest BCUT2D eigenvalue weighted by Crippen LogP contribution is -2.51. The monoisotopic (exact) mass is 648 g/mol. The predicted molar refractivity (Wildman–Crippen MR) is 184 cm³/mol. The number of hydrogen-bond donors (Lipinski definition) is 3. The van der Waals surface area contributed by atoms with Crippen LogP contribution in [0.1, 0.15) is 44.1 Å². The van der Waals surface area contributed by atoms with Crippen molar-refractivity contribution in [3.8, 4) is 11.8 Å². The van der Waals surface area contributed by atoms with Gasteiger partial charge in [-0.05, 0) is 77.1 Å². The molecule has 0 bridgehead atoms. The van der Waals surface area contributed by atoms with Crippen LogP contribution in [-0.4, -0.2) is 59.0 Å². The van der Waals surface area contributed by atoms with E-state index < -0.39 is 23.8 Å². The maximum atomic E-state index is 14.0. The lowest BCUT2D eigenvalue weighted by Gasteiger charge is -2.34. The zero-order chi connectivity index (χ0) is 34.5. The molecule has 12 heteroatoms. The van der Waals surface area contributed by atoms with Gasteiger partial charge in [0.1, 0.15) is 6.10 Å². The largest absolute Gasteiger partial charge is 0.371 e. The van der Waals surface area contributed by atoms with E-state index in [1.807, 2.05) is 64.1 Å². The van der Waals surface area contributed by atoms with Gasteiger partial charge >= 0.3 is 6.03 Å². The first-order valence-electron chi connectivity index (χ1n) is 16.0. The van der Waals surface area contributed by atoms with E-state index in [-0.39, 0.29) is 35.2 Å². The van der Waals surface area contributed by atoms with Crippen molar-refractivity contribution in [2.45, 2.75) is 54.1 Å². The summed E-state index contributed by atoms with van der Waals surface area (Å²) in [6.45, 7) is 12.9. The number of aryl methyl sites for hydroxylation is 3. The Balaban J connectivity index is 1.63. The van der Waals surface area contributed by atoms with Gasteiger partial charge in [-0.2, -0.15) is 10.4 Å². The number of nitrogens with zero attached hydrogens (tertiary/aromatic N) is 5. The maximum absolute atomic E-state index is 14.0. The smallest absolute Gasteiger partial charge is 0.323 e. The molecule has 48 heavy (non-hydrogen) atoms. The molecule has 2 atom stereocenters. The third-order valence-electron chi connectivity index (χ3n) is 8.29. The molecule has 1 aromatic heterocycles. The van der Waals surface area contributed by atoms with Gasteiger partial charge in [0.15, 0.2) is 0 Å². The third-order valence-corrected chi connectivity index (χ3v) is 8.29. The highest BCUT2D eigenvalue weighted by Gasteiger charge is 2.42. The van der Waals surface area contributed by atoms with Crippen molar-refractivity contribution in [3.05, 3.63) is 88.5 Å². The van der Waals surface area contributed by atoms with Crippen LogP contribution in [0.4, 0.5) is 21.9 Å². The number of urea groups is 1. The molecule has 0 saturated carbocycles. The number of ketones is 1. The highest BCUT2D eigenvalue weighted by atomic mass is 16.5. The molecule has 1 aliphatic heterocycles. The Morgan fingerprint density at radius 1 is 1.10 bits per heavy atom. The van der Waals surface area contributed by atoms with Gasteiger partial charge in [-0.3, -0.25) is 9.59 Å². The number of ether oxygens (including phenoxy) is 1. The molecule has 3 N–H and O–H groups in total. The number of hydrogen-bond acceptors (Lipinski definition) is 8. The van der Waals surface area contributed by atoms with Crippen LogP contribution in [0.2, 0.25) is 0 Å². The predicted octanol–water partition coefficient (Wildman–Crippen LogP) is 5.32. The number of Topliss-reactive ketones (excluding diaryl/α,β-unsaturated/α-hetero) is 1. The van der Waals surface area contributed by atoms with Crippen LogP contribution in [-0.2, 0) is 14.3 Å². The van der Waals surface area contributed by atoms with Crippen molar-refractivity contribution in [3.63, 3.8) is 0 Å². The second-order valence-electron chi connectivity index (χ2n) is 11.8. The number of aromatic nitrogens is 2. The molecule has 0 spiro atoms. The van der Waals surface area contributed by atoms with Gasteiger partial charge in [-0.25, -0.2) is 14.5 Å². The number of benzene rings is 2. The Morgan fingerprint density at radius 2 is 1.85 bits per heavy atom. The number of nitrogens with one attached hydrogen (secondary N) is 3. The Kier molecular flexibility index (Phi) is 10.2. The van der Waals surface area contributed by atoms with Crippen molar-refractivity contribution in [1.82, 2.24) is 20.4 Å². The molecule has 12 nitrogen and oxygen atoms in total. The van der Waals surface area contributed by atoms with E-state index in [1.165, 1.54) is 6.08 Å². The van der Waals surface area contributed by atoms with Crippen LogP contribution in [0.15, 0.2) is 76.6 Å². The summed E-state index contributed by atoms with van der Waals surface area (Å²) in [4.78, 5) is 47.4. The van der Waals surface area contributed by atoms with E-state index in [2.05, 4.69) is 26.9 Å². The number of aliphatic imine (C=N–C) groups is 1. The zero-order valence-electron chi connectivity index (χ0n) is 28.0. The van der Waals surface area contributed by atoms with Crippen LogP contribution in [0, 0.1) is 38.0 Å². The zero-order valence-corrected chi connectivity index (χ0v) is 28.0. The van der Waals surface area contributed by atoms with Crippen molar-refractivity contribution in [1.29, 1.82) is 5.26 Å². The summed E-state index contributed by atoms with van der Waals surface area (Å²) in [7, 11) is 0. The number of carbonyl (C=O) groups is 3. The van der Waals surface area contributed by atoms with Crippen LogP contribution in [0.25, 0.3) is 5.69 Å². The first-order valence-corrected chi connectivity index (χ1v) is 16.0. The Labute approximate surface area is 280 Å². The second kappa shape index (κ2) is 14.5. The highest BCUT2D eigenvalue weighted by molar-refractivity contribution is 6.27. The average molecular weight is 649 g/mol. The number of rotatable bonds is 10. The maximum Gasteiger partial charge on any atom is 0.323 e. The molecular formula is C36H40N8O4. The Hall–Kier alpha value is -5.54.